The molecular weight excluding hydrogens is 757 g/mol. The van der Waals surface area contributed by atoms with Crippen LogP contribution < -0.4 is 25.8 Å². The molecule has 59 heavy (non-hydrogen) atoms. The number of nitrogens with zero attached hydrogens (tertiary/aromatic N) is 9. The van der Waals surface area contributed by atoms with Crippen molar-refractivity contribution in [3.8, 4) is 17.6 Å². The monoisotopic (exact) mass is 804 g/mol. The number of aryl methyl sites for hydroxylation is 5. The molecule has 4 N–H and O–H groups in total. The first-order valence-corrected chi connectivity index (χ1v) is 19.8. The largest absolute Gasteiger partial charge is 0.491 e. The van der Waals surface area contributed by atoms with Crippen LogP contribution in [0.15, 0.2) is 30.3 Å². The van der Waals surface area contributed by atoms with E-state index >= 15 is 0 Å². The second kappa shape index (κ2) is 17.4. The number of aromatic nitrogens is 8. The molecule has 0 saturated carbocycles. The van der Waals surface area contributed by atoms with Gasteiger partial charge in [0.05, 0.1) is 47.2 Å². The minimum Gasteiger partial charge on any atom is -0.491 e. The summed E-state index contributed by atoms with van der Waals surface area (Å²) in [7, 11) is 1.62. The molecular formula is C41H48N12O6. The van der Waals surface area contributed by atoms with E-state index in [4.69, 9.17) is 19.9 Å². The zero-order valence-corrected chi connectivity index (χ0v) is 33.9. The lowest BCUT2D eigenvalue weighted by atomic mass is 10.0. The van der Waals surface area contributed by atoms with Gasteiger partial charge in [0.2, 0.25) is 17.8 Å². The molecule has 3 amide bonds. The predicted molar refractivity (Wildman–Crippen MR) is 219 cm³/mol. The van der Waals surface area contributed by atoms with Crippen LogP contribution in [-0.2, 0) is 37.3 Å². The molecule has 7 rings (SSSR count). The number of nitriles is 1. The van der Waals surface area contributed by atoms with Crippen molar-refractivity contribution in [1.82, 2.24) is 38.7 Å². The summed E-state index contributed by atoms with van der Waals surface area (Å²) in [6.07, 6.45) is 3.58. The second-order valence-electron chi connectivity index (χ2n) is 14.3. The molecule has 1 aliphatic rings. The maximum absolute atomic E-state index is 13.9. The van der Waals surface area contributed by atoms with Gasteiger partial charge in [-0.1, -0.05) is 6.42 Å². The van der Waals surface area contributed by atoms with E-state index in [0.717, 1.165) is 36.0 Å². The number of methoxy groups -OCH3 is 1. The highest BCUT2D eigenvalue weighted by Crippen LogP contribution is 2.34. The van der Waals surface area contributed by atoms with Crippen molar-refractivity contribution in [2.24, 2.45) is 5.73 Å². The van der Waals surface area contributed by atoms with Crippen molar-refractivity contribution in [2.45, 2.75) is 86.0 Å². The number of rotatable bonds is 18. The molecule has 18 nitrogen and oxygen atoms in total. The Kier molecular flexibility index (Phi) is 11.9. The maximum atomic E-state index is 13.9. The zero-order chi connectivity index (χ0) is 41.8. The number of benzene rings is 2. The van der Waals surface area contributed by atoms with Crippen LogP contribution in [0.25, 0.3) is 22.1 Å². The summed E-state index contributed by atoms with van der Waals surface area (Å²) in [6, 6.07) is 10.5. The SMILES string of the molecule is CCn1nc(C)c(CCCCCn2nc(C)cc2C(=O)Nc2nc3cc(C(N)=O)cc(OCCCOC)c3n2CC)c1C(=O)Nc1nc2cc(C#N)cc3c2n1CCO3. The van der Waals surface area contributed by atoms with Crippen molar-refractivity contribution in [2.75, 3.05) is 37.6 Å². The quantitative estimate of drug-likeness (QED) is 0.0966. The van der Waals surface area contributed by atoms with Crippen LogP contribution in [0.3, 0.4) is 0 Å². The Balaban J connectivity index is 1.02. The number of hydrogen-bond acceptors (Lipinski definition) is 11. The second-order valence-corrected chi connectivity index (χ2v) is 14.3. The van der Waals surface area contributed by atoms with Crippen molar-refractivity contribution in [1.29, 1.82) is 5.26 Å². The van der Waals surface area contributed by atoms with Gasteiger partial charge in [0.25, 0.3) is 11.8 Å². The normalized spacial score (nSPS) is 12.1. The number of primary amides is 1. The van der Waals surface area contributed by atoms with E-state index < -0.39 is 5.91 Å². The highest BCUT2D eigenvalue weighted by molar-refractivity contribution is 6.05. The fraction of sp³-hybridized carbons (Fsp3) is 0.415. The highest BCUT2D eigenvalue weighted by Gasteiger charge is 2.26. The van der Waals surface area contributed by atoms with Gasteiger partial charge in [-0.3, -0.25) is 34.4 Å². The number of anilines is 2. The summed E-state index contributed by atoms with van der Waals surface area (Å²) in [4.78, 5) is 49.2. The number of nitrogens with two attached hydrogens (primary N) is 1. The summed E-state index contributed by atoms with van der Waals surface area (Å²) in [5.74, 6) is 0.409. The average molecular weight is 805 g/mol. The molecule has 0 spiro atoms. The molecule has 18 heteroatoms. The summed E-state index contributed by atoms with van der Waals surface area (Å²) >= 11 is 0. The molecule has 308 valence electrons. The molecule has 0 saturated heterocycles. The molecule has 6 aromatic rings. The first-order valence-electron chi connectivity index (χ1n) is 19.8. The van der Waals surface area contributed by atoms with Gasteiger partial charge in [-0.2, -0.15) is 15.5 Å². The standard InChI is InChI=1S/C41H48N12O6/c1-6-50-35-30(21-27(37(43)54)22-33(35)58-16-11-15-57-5)45-40(50)46-38(55)31-18-24(3)48-53(31)13-10-8-9-12-28-25(4)49-52(7-2)34(28)39(56)47-41-44-29-19-26(23-42)20-32-36(29)51(41)14-17-59-32/h18-22H,6-17H2,1-5H3,(H2,43,54)(H,44,47,56)(H,45,46,55). The Labute approximate surface area is 340 Å². The fourth-order valence-corrected chi connectivity index (χ4v) is 7.60. The number of nitrogens with one attached hydrogen (secondary N) is 2. The van der Waals surface area contributed by atoms with Crippen LogP contribution in [0, 0.1) is 25.2 Å². The van der Waals surface area contributed by atoms with E-state index in [0.29, 0.717) is 121 Å². The molecule has 0 atom stereocenters. The van der Waals surface area contributed by atoms with E-state index in [1.165, 1.54) is 0 Å². The summed E-state index contributed by atoms with van der Waals surface area (Å²) in [5.41, 5.74) is 12.0. The smallest absolute Gasteiger partial charge is 0.276 e. The van der Waals surface area contributed by atoms with E-state index in [1.54, 1.807) is 46.8 Å². The molecule has 0 fully saturated rings. The zero-order valence-electron chi connectivity index (χ0n) is 33.9. The van der Waals surface area contributed by atoms with Gasteiger partial charge in [-0.25, -0.2) is 9.97 Å². The third kappa shape index (κ3) is 8.19. The number of unbranched alkanes of at least 4 members (excludes halogenated alkanes) is 2. The number of carbonyl (C=O) groups is 3. The van der Waals surface area contributed by atoms with Crippen molar-refractivity contribution in [3.63, 3.8) is 0 Å². The third-order valence-electron chi connectivity index (χ3n) is 10.3. The minimum absolute atomic E-state index is 0.249. The lowest BCUT2D eigenvalue weighted by Gasteiger charge is -2.18. The lowest BCUT2D eigenvalue weighted by molar-refractivity contribution is 0.0994. The summed E-state index contributed by atoms with van der Waals surface area (Å²) in [6.45, 7) is 10.9. The molecule has 2 aromatic carbocycles. The molecule has 0 radical (unpaired) electrons. The number of ether oxygens (including phenoxy) is 3. The van der Waals surface area contributed by atoms with Crippen LogP contribution in [0.5, 0.6) is 11.5 Å². The topological polar surface area (TPSA) is 224 Å². The van der Waals surface area contributed by atoms with E-state index in [-0.39, 0.29) is 17.4 Å². The fourth-order valence-electron chi connectivity index (χ4n) is 7.60. The predicted octanol–water partition coefficient (Wildman–Crippen LogP) is 5.13. The summed E-state index contributed by atoms with van der Waals surface area (Å²) < 4.78 is 24.1. The van der Waals surface area contributed by atoms with Crippen LogP contribution in [0.2, 0.25) is 0 Å². The molecule has 1 aliphatic heterocycles. The van der Waals surface area contributed by atoms with Gasteiger partial charge in [0.15, 0.2) is 0 Å². The van der Waals surface area contributed by atoms with Crippen molar-refractivity contribution in [3.05, 3.63) is 69.8 Å². The van der Waals surface area contributed by atoms with Crippen LogP contribution in [0.1, 0.15) is 93.4 Å². The first-order chi connectivity index (χ1) is 28.5. The van der Waals surface area contributed by atoms with Crippen molar-refractivity contribution >= 4 is 51.7 Å². The van der Waals surface area contributed by atoms with Gasteiger partial charge in [-0.15, -0.1) is 0 Å². The first kappa shape index (κ1) is 40.5. The summed E-state index contributed by atoms with van der Waals surface area (Å²) in [5, 5.41) is 24.7. The van der Waals surface area contributed by atoms with Crippen LogP contribution in [0.4, 0.5) is 11.9 Å². The molecule has 0 aliphatic carbocycles. The minimum atomic E-state index is -0.614. The van der Waals surface area contributed by atoms with Crippen LogP contribution >= 0.6 is 0 Å². The van der Waals surface area contributed by atoms with E-state index in [2.05, 4.69) is 36.9 Å². The Morgan fingerprint density at radius 1 is 0.898 bits per heavy atom. The lowest BCUT2D eigenvalue weighted by Crippen LogP contribution is -2.23. The van der Waals surface area contributed by atoms with Crippen LogP contribution in [-0.4, -0.2) is 83.3 Å². The Morgan fingerprint density at radius 3 is 2.42 bits per heavy atom. The Morgan fingerprint density at radius 2 is 1.68 bits per heavy atom. The van der Waals surface area contributed by atoms with Crippen molar-refractivity contribution < 1.29 is 28.6 Å². The molecule has 4 aromatic heterocycles. The van der Waals surface area contributed by atoms with Gasteiger partial charge in [0, 0.05) is 57.0 Å². The average Bonchev–Trinajstić information content (AvgIpc) is 3.97. The molecule has 0 unspecified atom stereocenters. The third-order valence-corrected chi connectivity index (χ3v) is 10.3. The number of hydrogen-bond donors (Lipinski definition) is 3. The maximum Gasteiger partial charge on any atom is 0.276 e. The molecule has 0 bridgehead atoms. The van der Waals surface area contributed by atoms with Gasteiger partial charge >= 0.3 is 0 Å². The van der Waals surface area contributed by atoms with Gasteiger partial charge < -0.3 is 29.1 Å². The highest BCUT2D eigenvalue weighted by atomic mass is 16.5. The number of amides is 3. The number of fused-ring (bicyclic) bond motifs is 1. The van der Waals surface area contributed by atoms with Gasteiger partial charge in [0.1, 0.15) is 40.5 Å². The Hall–Kier alpha value is -6.74. The number of imidazole rings is 2. The molecule has 5 heterocycles. The van der Waals surface area contributed by atoms with E-state index in [1.807, 2.05) is 36.8 Å². The van der Waals surface area contributed by atoms with E-state index in [9.17, 15) is 19.6 Å². The van der Waals surface area contributed by atoms with Gasteiger partial charge in [-0.05, 0) is 71.2 Å². The Bertz CT molecular complexity index is 2610. The number of carbonyl (C=O) groups excluding carboxylic acids is 3.